The quantitative estimate of drug-likeness (QED) is 0.116. The summed E-state index contributed by atoms with van der Waals surface area (Å²) in [4.78, 5) is 38.4. The molecule has 0 spiro atoms. The van der Waals surface area contributed by atoms with E-state index >= 15 is 0 Å². The Morgan fingerprint density at radius 1 is 0.617 bits per heavy atom. The van der Waals surface area contributed by atoms with Gasteiger partial charge in [-0.3, -0.25) is 14.4 Å². The monoisotopic (exact) mass is 837 g/mol. The van der Waals surface area contributed by atoms with E-state index in [-0.39, 0.29) is 28.6 Å². The third-order valence-corrected chi connectivity index (χ3v) is 15.3. The first-order valence-electron chi connectivity index (χ1n) is 26.4. The molecule has 7 nitrogen and oxygen atoms in total. The van der Waals surface area contributed by atoms with Gasteiger partial charge in [0.25, 0.3) is 0 Å². The van der Waals surface area contributed by atoms with Crippen molar-refractivity contribution in [2.24, 2.45) is 22.7 Å². The second-order valence-corrected chi connectivity index (χ2v) is 20.2. The van der Waals surface area contributed by atoms with Crippen molar-refractivity contribution >= 4 is 25.1 Å². The highest BCUT2D eigenvalue weighted by Gasteiger charge is 2.51. The predicted molar refractivity (Wildman–Crippen MR) is 258 cm³/mol. The number of allylic oxidation sites excluding steroid dienone is 2. The van der Waals surface area contributed by atoms with Crippen LogP contribution in [0.4, 0.5) is 0 Å². The van der Waals surface area contributed by atoms with Crippen LogP contribution in [0.5, 0.6) is 0 Å². The van der Waals surface area contributed by atoms with E-state index in [1.807, 2.05) is 0 Å². The molecule has 0 aromatic heterocycles. The van der Waals surface area contributed by atoms with E-state index in [0.29, 0.717) is 19.3 Å². The summed E-state index contributed by atoms with van der Waals surface area (Å²) in [5, 5.41) is 13.1. The number of nitrogens with one attached hydrogen (secondary N) is 4. The summed E-state index contributed by atoms with van der Waals surface area (Å²) >= 11 is 0. The fourth-order valence-electron chi connectivity index (χ4n) is 11.6. The highest BCUT2D eigenvalue weighted by Crippen LogP contribution is 2.57. The Labute approximate surface area is 371 Å². The zero-order chi connectivity index (χ0) is 43.0. The van der Waals surface area contributed by atoms with E-state index in [4.69, 9.17) is 0 Å². The molecular weight excluding hydrogens is 739 g/mol. The maximum atomic E-state index is 14.0. The minimum atomic E-state index is -0.606. The number of carbonyl (C=O) groups excluding carboxylic acids is 3. The zero-order valence-electron chi connectivity index (χ0n) is 39.9. The molecular formula is C52H97BN4O3. The zero-order valence-corrected chi connectivity index (χ0v) is 39.9. The van der Waals surface area contributed by atoms with Crippen molar-refractivity contribution in [3.05, 3.63) is 12.2 Å². The van der Waals surface area contributed by atoms with Crippen molar-refractivity contribution in [1.29, 1.82) is 0 Å². The van der Waals surface area contributed by atoms with Gasteiger partial charge in [0, 0.05) is 26.9 Å². The average Bonchev–Trinajstić information content (AvgIpc) is 3.23. The Morgan fingerprint density at radius 2 is 1.08 bits per heavy atom. The standard InChI is InChI=1S/C52H97BN4O3/c1-45(58)57-48(50(60)54-3)35-33-36-49(59)55-43-52(51(44-56-53-2)37-30-26-22-18-14-11-12-15-19-23-27-31-38-51)39-32-28-24-20-16-10-8-6-4-5-7-9-13-17-21-25-29-34-46-40-47(41-46)42-52/h17,21,46-48,53,56H,4-16,18-20,22-44H2,1-3H3,(H,54,60)(H,55,59)(H,57,58)/b21-17-/t46?,47?,48-,52?/m0/s1. The summed E-state index contributed by atoms with van der Waals surface area (Å²) in [6, 6.07) is -0.606. The van der Waals surface area contributed by atoms with Gasteiger partial charge in [0.05, 0.1) is 0 Å². The second kappa shape index (κ2) is 32.8. The third-order valence-electron chi connectivity index (χ3n) is 15.3. The van der Waals surface area contributed by atoms with Crippen molar-refractivity contribution in [1.82, 2.24) is 21.2 Å². The molecule has 346 valence electrons. The van der Waals surface area contributed by atoms with Gasteiger partial charge >= 0.3 is 0 Å². The van der Waals surface area contributed by atoms with Gasteiger partial charge in [0.2, 0.25) is 17.7 Å². The lowest BCUT2D eigenvalue weighted by Crippen LogP contribution is -2.56. The van der Waals surface area contributed by atoms with Crippen LogP contribution in [0.15, 0.2) is 12.2 Å². The summed E-state index contributed by atoms with van der Waals surface area (Å²) in [5.41, 5.74) is 0.193. The Hall–Kier alpha value is -1.83. The van der Waals surface area contributed by atoms with Gasteiger partial charge in [-0.25, -0.2) is 0 Å². The molecule has 3 amide bonds. The number of hydrogen-bond donors (Lipinski definition) is 4. The molecule has 4 rings (SSSR count). The molecule has 0 saturated heterocycles. The lowest BCUT2D eigenvalue weighted by atomic mass is 9.51. The Kier molecular flexibility index (Phi) is 28.7. The number of fused-ring (bicyclic) bond motifs is 19. The molecule has 0 aromatic carbocycles. The maximum Gasteiger partial charge on any atom is 0.242 e. The number of likely N-dealkylation sites (N-methyl/N-ethyl adjacent to an activating group) is 1. The number of carbonyl (C=O) groups is 3. The molecule has 2 fully saturated rings. The lowest BCUT2D eigenvalue weighted by molar-refractivity contribution is -0.128. The second-order valence-electron chi connectivity index (χ2n) is 20.2. The van der Waals surface area contributed by atoms with E-state index in [1.165, 1.54) is 225 Å². The normalized spacial score (nSPS) is 26.9. The summed E-state index contributed by atoms with van der Waals surface area (Å²) in [6.07, 6.45) is 52.0. The number of hydrogen-bond acceptors (Lipinski definition) is 4. The third kappa shape index (κ3) is 21.5. The van der Waals surface area contributed by atoms with E-state index in [1.54, 1.807) is 7.05 Å². The average molecular weight is 837 g/mol. The number of amides is 3. The van der Waals surface area contributed by atoms with Crippen molar-refractivity contribution in [2.45, 2.75) is 257 Å². The van der Waals surface area contributed by atoms with E-state index < -0.39 is 6.04 Å². The van der Waals surface area contributed by atoms with Crippen LogP contribution >= 0.6 is 0 Å². The van der Waals surface area contributed by atoms with Gasteiger partial charge in [-0.2, -0.15) is 0 Å². The maximum absolute atomic E-state index is 14.0. The first-order chi connectivity index (χ1) is 29.3. The van der Waals surface area contributed by atoms with Gasteiger partial charge in [-0.1, -0.05) is 173 Å². The van der Waals surface area contributed by atoms with Crippen LogP contribution in [0.25, 0.3) is 0 Å². The molecule has 0 radical (unpaired) electrons. The van der Waals surface area contributed by atoms with Crippen LogP contribution in [0, 0.1) is 22.7 Å². The lowest BCUT2D eigenvalue weighted by Gasteiger charge is -2.55. The highest BCUT2D eigenvalue weighted by molar-refractivity contribution is 6.29. The number of rotatable bonds is 12. The van der Waals surface area contributed by atoms with Crippen molar-refractivity contribution < 1.29 is 14.4 Å². The van der Waals surface area contributed by atoms with E-state index in [0.717, 1.165) is 32.3 Å². The van der Waals surface area contributed by atoms with Crippen LogP contribution in [0.2, 0.25) is 6.82 Å². The van der Waals surface area contributed by atoms with E-state index in [2.05, 4.69) is 40.2 Å². The minimum Gasteiger partial charge on any atom is -0.358 e. The Balaban J connectivity index is 1.91. The van der Waals surface area contributed by atoms with Crippen molar-refractivity contribution in [3.63, 3.8) is 0 Å². The molecule has 0 heterocycles. The Bertz CT molecular complexity index is 1140. The van der Waals surface area contributed by atoms with Gasteiger partial charge in [-0.05, 0) is 106 Å². The van der Waals surface area contributed by atoms with Gasteiger partial charge in [0.15, 0.2) is 7.41 Å². The van der Waals surface area contributed by atoms with Crippen molar-refractivity contribution in [2.75, 3.05) is 20.1 Å². The molecule has 2 bridgehead atoms. The largest absolute Gasteiger partial charge is 0.358 e. The minimum absolute atomic E-state index is 0.0474. The fourth-order valence-corrected chi connectivity index (χ4v) is 11.6. The molecule has 0 aliphatic heterocycles. The highest BCUT2D eigenvalue weighted by atomic mass is 16.2. The van der Waals surface area contributed by atoms with E-state index in [9.17, 15) is 14.4 Å². The first-order valence-corrected chi connectivity index (χ1v) is 26.4. The molecule has 4 aliphatic rings. The smallest absolute Gasteiger partial charge is 0.242 e. The summed E-state index contributed by atoms with van der Waals surface area (Å²) in [7, 11) is 2.59. The molecule has 4 aliphatic carbocycles. The van der Waals surface area contributed by atoms with Gasteiger partial charge in [0.1, 0.15) is 6.04 Å². The summed E-state index contributed by atoms with van der Waals surface area (Å²) in [6.45, 7) is 5.57. The molecule has 4 N–H and O–H groups in total. The molecule has 1 unspecified atom stereocenters. The first kappa shape index (κ1) is 52.5. The Morgan fingerprint density at radius 3 is 1.57 bits per heavy atom. The van der Waals surface area contributed by atoms with Crippen LogP contribution in [-0.2, 0) is 14.4 Å². The van der Waals surface area contributed by atoms with Crippen LogP contribution in [0.3, 0.4) is 0 Å². The molecule has 0 aromatic rings. The molecule has 2 saturated carbocycles. The molecule has 8 heteroatoms. The molecule has 2 atom stereocenters. The van der Waals surface area contributed by atoms with Gasteiger partial charge in [-0.15, -0.1) is 0 Å². The molecule has 60 heavy (non-hydrogen) atoms. The summed E-state index contributed by atoms with van der Waals surface area (Å²) in [5.74, 6) is 1.29. The topological polar surface area (TPSA) is 99.3 Å². The van der Waals surface area contributed by atoms with Crippen LogP contribution < -0.4 is 21.2 Å². The van der Waals surface area contributed by atoms with Crippen LogP contribution in [0.1, 0.15) is 244 Å². The van der Waals surface area contributed by atoms with Gasteiger partial charge < -0.3 is 21.2 Å². The summed E-state index contributed by atoms with van der Waals surface area (Å²) < 4.78 is 0. The SMILES string of the molecule is CBNCC1(C2(CNC(=O)CCC[C@H](NC(C)=O)C(=O)NC)CCCCCCCCCCCCCC/C=C\CCCC3CC(C3)C2)CCCCCCCCCCCCCC1. The fraction of sp³-hybridized carbons (Fsp3) is 0.904. The van der Waals surface area contributed by atoms with Crippen molar-refractivity contribution in [3.8, 4) is 0 Å². The van der Waals surface area contributed by atoms with Crippen LogP contribution in [-0.4, -0.2) is 51.3 Å². The predicted octanol–water partition coefficient (Wildman–Crippen LogP) is 12.6.